The maximum Gasteiger partial charge on any atom is 0.191 e. The predicted octanol–water partition coefficient (Wildman–Crippen LogP) is 2.62. The summed E-state index contributed by atoms with van der Waals surface area (Å²) in [5.74, 6) is 0.969. The molecule has 2 aliphatic rings. The third-order valence-corrected chi connectivity index (χ3v) is 6.51. The highest BCUT2D eigenvalue weighted by molar-refractivity contribution is 5.80. The number of likely N-dealkylation sites (tertiary alicyclic amines) is 1. The van der Waals surface area contributed by atoms with E-state index in [9.17, 15) is 0 Å². The fourth-order valence-corrected chi connectivity index (χ4v) is 3.93. The molecule has 0 aromatic rings. The van der Waals surface area contributed by atoms with Crippen LogP contribution in [0.15, 0.2) is 4.99 Å². The molecule has 1 saturated carbocycles. The molecular formula is C19H38N4O. The van der Waals surface area contributed by atoms with Gasteiger partial charge in [-0.05, 0) is 47.0 Å². The minimum atomic E-state index is -0.0510. The van der Waals surface area contributed by atoms with Crippen LogP contribution in [-0.2, 0) is 4.74 Å². The number of piperidine rings is 1. The first-order valence-corrected chi connectivity index (χ1v) is 9.60. The van der Waals surface area contributed by atoms with Gasteiger partial charge in [0.2, 0.25) is 0 Å². The van der Waals surface area contributed by atoms with Crippen LogP contribution in [-0.4, -0.2) is 61.3 Å². The standard InChI is InChI=1S/C19H38N4O/c1-8-20-17(21-15-9-11-23(12-10-15)14(2)3)22-16-13-19(6,24-7)18(16,4)5/h14-16H,8-13H2,1-7H3,(H2,20,21,22). The van der Waals surface area contributed by atoms with Gasteiger partial charge in [0, 0.05) is 50.3 Å². The number of rotatable bonds is 5. The molecule has 0 radical (unpaired) electrons. The van der Waals surface area contributed by atoms with Crippen molar-refractivity contribution >= 4 is 5.96 Å². The highest BCUT2D eigenvalue weighted by atomic mass is 16.5. The molecule has 1 aliphatic heterocycles. The zero-order valence-electron chi connectivity index (χ0n) is 16.8. The lowest BCUT2D eigenvalue weighted by molar-refractivity contribution is -0.176. The van der Waals surface area contributed by atoms with Crippen molar-refractivity contribution in [3.8, 4) is 0 Å². The summed E-state index contributed by atoms with van der Waals surface area (Å²) in [6.45, 7) is 16.6. The number of ether oxygens (including phenoxy) is 1. The van der Waals surface area contributed by atoms with Crippen LogP contribution in [0, 0.1) is 5.41 Å². The van der Waals surface area contributed by atoms with E-state index in [4.69, 9.17) is 4.74 Å². The normalized spacial score (nSPS) is 31.8. The van der Waals surface area contributed by atoms with Crippen LogP contribution in [0.25, 0.3) is 0 Å². The van der Waals surface area contributed by atoms with Crippen LogP contribution in [0.5, 0.6) is 0 Å². The summed E-state index contributed by atoms with van der Waals surface area (Å²) >= 11 is 0. The fraction of sp³-hybridized carbons (Fsp3) is 0.947. The van der Waals surface area contributed by atoms with Crippen molar-refractivity contribution in [3.05, 3.63) is 0 Å². The van der Waals surface area contributed by atoms with Crippen LogP contribution in [0.1, 0.15) is 60.8 Å². The first kappa shape index (κ1) is 19.5. The number of hydrogen-bond acceptors (Lipinski definition) is 3. The van der Waals surface area contributed by atoms with Crippen LogP contribution >= 0.6 is 0 Å². The Morgan fingerprint density at radius 2 is 1.83 bits per heavy atom. The number of methoxy groups -OCH3 is 1. The minimum Gasteiger partial charge on any atom is -0.378 e. The Bertz CT molecular complexity index is 441. The van der Waals surface area contributed by atoms with Gasteiger partial charge in [0.05, 0.1) is 5.60 Å². The Kier molecular flexibility index (Phi) is 6.19. The summed E-state index contributed by atoms with van der Waals surface area (Å²) in [4.78, 5) is 7.23. The van der Waals surface area contributed by atoms with Gasteiger partial charge >= 0.3 is 0 Å². The second-order valence-electron chi connectivity index (χ2n) is 8.43. The molecular weight excluding hydrogens is 300 g/mol. The van der Waals surface area contributed by atoms with Crippen LogP contribution < -0.4 is 10.6 Å². The third-order valence-electron chi connectivity index (χ3n) is 6.51. The van der Waals surface area contributed by atoms with E-state index in [1.54, 1.807) is 0 Å². The number of guanidine groups is 1. The molecule has 1 aliphatic carbocycles. The molecule has 2 N–H and O–H groups in total. The molecule has 5 heteroatoms. The van der Waals surface area contributed by atoms with E-state index in [1.165, 1.54) is 25.9 Å². The van der Waals surface area contributed by atoms with Crippen molar-refractivity contribution in [1.29, 1.82) is 0 Å². The summed E-state index contributed by atoms with van der Waals surface area (Å²) in [6.07, 6.45) is 3.39. The first-order chi connectivity index (χ1) is 11.2. The molecule has 2 rings (SSSR count). The SMILES string of the molecule is CCN=C(NC1CCN(C(C)C)CC1)NC1CC(C)(OC)C1(C)C. The van der Waals surface area contributed by atoms with E-state index in [1.807, 2.05) is 7.11 Å². The molecule has 1 heterocycles. The summed E-state index contributed by atoms with van der Waals surface area (Å²) < 4.78 is 5.74. The highest BCUT2D eigenvalue weighted by Crippen LogP contribution is 2.51. The van der Waals surface area contributed by atoms with Crippen molar-refractivity contribution in [2.45, 2.75) is 84.5 Å². The van der Waals surface area contributed by atoms with Crippen molar-refractivity contribution in [3.63, 3.8) is 0 Å². The Balaban J connectivity index is 1.89. The zero-order chi connectivity index (χ0) is 18.0. The van der Waals surface area contributed by atoms with E-state index in [2.05, 4.69) is 62.1 Å². The zero-order valence-corrected chi connectivity index (χ0v) is 16.8. The van der Waals surface area contributed by atoms with Crippen LogP contribution in [0.4, 0.5) is 0 Å². The minimum absolute atomic E-state index is 0.0510. The molecule has 2 unspecified atom stereocenters. The monoisotopic (exact) mass is 338 g/mol. The average molecular weight is 339 g/mol. The van der Waals surface area contributed by atoms with Gasteiger partial charge in [0.1, 0.15) is 0 Å². The molecule has 0 spiro atoms. The molecule has 1 saturated heterocycles. The van der Waals surface area contributed by atoms with Crippen LogP contribution in [0.3, 0.4) is 0 Å². The molecule has 0 bridgehead atoms. The summed E-state index contributed by atoms with van der Waals surface area (Å²) in [5.41, 5.74) is 0.0452. The first-order valence-electron chi connectivity index (χ1n) is 9.60. The molecule has 5 nitrogen and oxygen atoms in total. The Labute approximate surface area is 148 Å². The largest absolute Gasteiger partial charge is 0.378 e. The Morgan fingerprint density at radius 1 is 1.21 bits per heavy atom. The summed E-state index contributed by atoms with van der Waals surface area (Å²) in [5, 5.41) is 7.33. The van der Waals surface area contributed by atoms with Crippen molar-refractivity contribution in [1.82, 2.24) is 15.5 Å². The fourth-order valence-electron chi connectivity index (χ4n) is 3.93. The molecule has 24 heavy (non-hydrogen) atoms. The van der Waals surface area contributed by atoms with Gasteiger partial charge in [-0.3, -0.25) is 4.99 Å². The van der Waals surface area contributed by atoms with Gasteiger partial charge in [0.25, 0.3) is 0 Å². The van der Waals surface area contributed by atoms with Gasteiger partial charge in [-0.2, -0.15) is 0 Å². The van der Waals surface area contributed by atoms with Gasteiger partial charge < -0.3 is 20.3 Å². The number of nitrogens with one attached hydrogen (secondary N) is 2. The predicted molar refractivity (Wildman–Crippen MR) is 102 cm³/mol. The quantitative estimate of drug-likeness (QED) is 0.598. The van der Waals surface area contributed by atoms with Gasteiger partial charge in [-0.25, -0.2) is 0 Å². The second kappa shape index (κ2) is 7.61. The number of nitrogens with zero attached hydrogens (tertiary/aromatic N) is 2. The molecule has 0 amide bonds. The summed E-state index contributed by atoms with van der Waals surface area (Å²) in [6, 6.07) is 1.57. The summed E-state index contributed by atoms with van der Waals surface area (Å²) in [7, 11) is 1.82. The van der Waals surface area contributed by atoms with Crippen molar-refractivity contribution in [2.75, 3.05) is 26.7 Å². The van der Waals surface area contributed by atoms with E-state index in [0.29, 0.717) is 18.1 Å². The van der Waals surface area contributed by atoms with Gasteiger partial charge in [-0.1, -0.05) is 13.8 Å². The maximum absolute atomic E-state index is 5.74. The lowest BCUT2D eigenvalue weighted by atomic mass is 9.56. The number of hydrogen-bond donors (Lipinski definition) is 2. The van der Waals surface area contributed by atoms with Crippen LogP contribution in [0.2, 0.25) is 0 Å². The van der Waals surface area contributed by atoms with Gasteiger partial charge in [0.15, 0.2) is 5.96 Å². The highest BCUT2D eigenvalue weighted by Gasteiger charge is 2.58. The van der Waals surface area contributed by atoms with Gasteiger partial charge in [-0.15, -0.1) is 0 Å². The third kappa shape index (κ3) is 3.88. The Hall–Kier alpha value is -0.810. The molecule has 0 aromatic carbocycles. The van der Waals surface area contributed by atoms with E-state index < -0.39 is 0 Å². The smallest absolute Gasteiger partial charge is 0.191 e. The lowest BCUT2D eigenvalue weighted by Gasteiger charge is -2.59. The average Bonchev–Trinajstić information content (AvgIpc) is 2.54. The Morgan fingerprint density at radius 3 is 2.29 bits per heavy atom. The van der Waals surface area contributed by atoms with Crippen molar-refractivity contribution in [2.24, 2.45) is 10.4 Å². The van der Waals surface area contributed by atoms with E-state index >= 15 is 0 Å². The topological polar surface area (TPSA) is 48.9 Å². The molecule has 140 valence electrons. The molecule has 2 fully saturated rings. The van der Waals surface area contributed by atoms with Crippen molar-refractivity contribution < 1.29 is 4.74 Å². The number of aliphatic imine (C=N–C) groups is 1. The second-order valence-corrected chi connectivity index (χ2v) is 8.43. The van der Waals surface area contributed by atoms with E-state index in [0.717, 1.165) is 18.9 Å². The lowest BCUT2D eigenvalue weighted by Crippen LogP contribution is -2.70. The molecule has 0 aromatic heterocycles. The maximum atomic E-state index is 5.74. The van der Waals surface area contributed by atoms with E-state index in [-0.39, 0.29) is 11.0 Å². The molecule has 2 atom stereocenters.